The summed E-state index contributed by atoms with van der Waals surface area (Å²) in [5, 5.41) is 3.22. The molecule has 0 aliphatic heterocycles. The van der Waals surface area contributed by atoms with E-state index in [1.54, 1.807) is 24.3 Å². The van der Waals surface area contributed by atoms with E-state index in [1.807, 2.05) is 19.9 Å². The number of nitrogens with two attached hydrogens (primary N) is 1. The van der Waals surface area contributed by atoms with Gasteiger partial charge in [0.1, 0.15) is 0 Å². The summed E-state index contributed by atoms with van der Waals surface area (Å²) < 4.78 is 0.824. The predicted octanol–water partition coefficient (Wildman–Crippen LogP) is 4.55. The van der Waals surface area contributed by atoms with Crippen molar-refractivity contribution in [2.24, 2.45) is 0 Å². The van der Waals surface area contributed by atoms with Crippen LogP contribution >= 0.6 is 27.5 Å². The number of aryl methyl sites for hydroxylation is 1. The molecule has 2 rings (SSSR count). The molecule has 0 aliphatic rings. The summed E-state index contributed by atoms with van der Waals surface area (Å²) >= 11 is 9.39. The first-order chi connectivity index (χ1) is 9.40. The second kappa shape index (κ2) is 5.85. The molecule has 3 nitrogen and oxygen atoms in total. The van der Waals surface area contributed by atoms with E-state index in [2.05, 4.69) is 21.2 Å². The van der Waals surface area contributed by atoms with Crippen molar-refractivity contribution in [2.45, 2.75) is 13.8 Å². The maximum atomic E-state index is 12.3. The lowest BCUT2D eigenvalue weighted by Gasteiger charge is -2.14. The van der Waals surface area contributed by atoms with E-state index in [4.69, 9.17) is 17.3 Å². The molecule has 0 spiro atoms. The Labute approximate surface area is 131 Å². The van der Waals surface area contributed by atoms with E-state index >= 15 is 0 Å². The van der Waals surface area contributed by atoms with Crippen LogP contribution in [-0.4, -0.2) is 5.91 Å². The van der Waals surface area contributed by atoms with Crippen LogP contribution in [0.1, 0.15) is 21.5 Å². The Morgan fingerprint density at radius 1 is 1.25 bits per heavy atom. The number of nitrogen functional groups attached to an aromatic ring is 1. The largest absolute Gasteiger partial charge is 0.397 e. The van der Waals surface area contributed by atoms with Crippen LogP contribution in [0.3, 0.4) is 0 Å². The molecular weight excluding hydrogens is 340 g/mol. The van der Waals surface area contributed by atoms with Gasteiger partial charge in [0, 0.05) is 4.47 Å². The number of nitrogens with one attached hydrogen (secondary N) is 1. The van der Waals surface area contributed by atoms with Crippen LogP contribution in [0, 0.1) is 13.8 Å². The third kappa shape index (κ3) is 2.97. The second-order valence-electron chi connectivity index (χ2n) is 4.55. The molecular formula is C15H14BrClN2O. The number of hydrogen-bond donors (Lipinski definition) is 2. The number of carbonyl (C=O) groups excluding carboxylic acids is 1. The lowest BCUT2D eigenvalue weighted by molar-refractivity contribution is 0.102. The average Bonchev–Trinajstić information content (AvgIpc) is 2.39. The highest BCUT2D eigenvalue weighted by Gasteiger charge is 2.14. The Kier molecular flexibility index (Phi) is 4.35. The van der Waals surface area contributed by atoms with Crippen molar-refractivity contribution < 1.29 is 4.79 Å². The number of halogens is 2. The van der Waals surface area contributed by atoms with Crippen LogP contribution in [0.5, 0.6) is 0 Å². The summed E-state index contributed by atoms with van der Waals surface area (Å²) in [6.45, 7) is 3.89. The minimum atomic E-state index is -0.275. The average molecular weight is 354 g/mol. The van der Waals surface area contributed by atoms with Crippen molar-refractivity contribution in [3.63, 3.8) is 0 Å². The molecule has 0 aromatic heterocycles. The zero-order chi connectivity index (χ0) is 14.9. The van der Waals surface area contributed by atoms with Crippen molar-refractivity contribution in [1.29, 1.82) is 0 Å². The SMILES string of the molecule is Cc1ccc(N)c(NC(=O)c2ccc(Br)cc2Cl)c1C. The monoisotopic (exact) mass is 352 g/mol. The molecule has 2 aromatic rings. The third-order valence-corrected chi connectivity index (χ3v) is 3.99. The van der Waals surface area contributed by atoms with Crippen LogP contribution in [0.4, 0.5) is 11.4 Å². The highest BCUT2D eigenvalue weighted by atomic mass is 79.9. The van der Waals surface area contributed by atoms with Crippen LogP contribution in [0.15, 0.2) is 34.8 Å². The Hall–Kier alpha value is -1.52. The predicted molar refractivity (Wildman–Crippen MR) is 87.4 cm³/mol. The van der Waals surface area contributed by atoms with Gasteiger partial charge in [0.05, 0.1) is 22.0 Å². The smallest absolute Gasteiger partial charge is 0.257 e. The Bertz CT molecular complexity index is 686. The zero-order valence-electron chi connectivity index (χ0n) is 11.1. The summed E-state index contributed by atoms with van der Waals surface area (Å²) in [5.74, 6) is -0.275. The Morgan fingerprint density at radius 2 is 1.95 bits per heavy atom. The van der Waals surface area contributed by atoms with Crippen LogP contribution in [0.2, 0.25) is 5.02 Å². The number of amides is 1. The van der Waals surface area contributed by atoms with Gasteiger partial charge in [-0.2, -0.15) is 0 Å². The minimum Gasteiger partial charge on any atom is -0.397 e. The highest BCUT2D eigenvalue weighted by molar-refractivity contribution is 9.10. The molecule has 0 saturated heterocycles. The van der Waals surface area contributed by atoms with Crippen molar-refractivity contribution in [1.82, 2.24) is 0 Å². The summed E-state index contributed by atoms with van der Waals surface area (Å²) in [6, 6.07) is 8.83. The zero-order valence-corrected chi connectivity index (χ0v) is 13.5. The maximum absolute atomic E-state index is 12.3. The van der Waals surface area contributed by atoms with Gasteiger partial charge in [0.2, 0.25) is 0 Å². The Morgan fingerprint density at radius 3 is 2.60 bits per heavy atom. The first kappa shape index (κ1) is 14.9. The van der Waals surface area contributed by atoms with Gasteiger partial charge in [0.25, 0.3) is 5.91 Å². The summed E-state index contributed by atoms with van der Waals surface area (Å²) in [6.07, 6.45) is 0. The summed E-state index contributed by atoms with van der Waals surface area (Å²) in [4.78, 5) is 12.3. The van der Waals surface area contributed by atoms with Gasteiger partial charge >= 0.3 is 0 Å². The van der Waals surface area contributed by atoms with Gasteiger partial charge in [-0.3, -0.25) is 4.79 Å². The van der Waals surface area contributed by atoms with Crippen LogP contribution < -0.4 is 11.1 Å². The van der Waals surface area contributed by atoms with Gasteiger partial charge in [-0.25, -0.2) is 0 Å². The maximum Gasteiger partial charge on any atom is 0.257 e. The third-order valence-electron chi connectivity index (χ3n) is 3.18. The highest BCUT2D eigenvalue weighted by Crippen LogP contribution is 2.28. The van der Waals surface area contributed by atoms with E-state index in [9.17, 15) is 4.79 Å². The molecule has 2 aromatic carbocycles. The number of hydrogen-bond acceptors (Lipinski definition) is 2. The molecule has 0 unspecified atom stereocenters. The van der Waals surface area contributed by atoms with Gasteiger partial charge in [0.15, 0.2) is 0 Å². The minimum absolute atomic E-state index is 0.275. The van der Waals surface area contributed by atoms with Gasteiger partial charge in [-0.05, 0) is 49.2 Å². The standard InChI is InChI=1S/C15H14BrClN2O/c1-8-3-6-13(18)14(9(8)2)19-15(20)11-5-4-10(16)7-12(11)17/h3-7H,18H2,1-2H3,(H,19,20). The second-order valence-corrected chi connectivity index (χ2v) is 5.87. The molecule has 0 atom stereocenters. The molecule has 1 amide bonds. The van der Waals surface area contributed by atoms with Crippen molar-refractivity contribution in [2.75, 3.05) is 11.1 Å². The van der Waals surface area contributed by atoms with Gasteiger partial charge in [-0.1, -0.05) is 33.6 Å². The van der Waals surface area contributed by atoms with E-state index in [-0.39, 0.29) is 5.91 Å². The molecule has 104 valence electrons. The van der Waals surface area contributed by atoms with Gasteiger partial charge in [-0.15, -0.1) is 0 Å². The quantitative estimate of drug-likeness (QED) is 0.778. The van der Waals surface area contributed by atoms with Crippen LogP contribution in [0.25, 0.3) is 0 Å². The van der Waals surface area contributed by atoms with Crippen molar-refractivity contribution >= 4 is 44.8 Å². The fourth-order valence-corrected chi connectivity index (χ4v) is 2.62. The Balaban J connectivity index is 2.35. The fraction of sp³-hybridized carbons (Fsp3) is 0.133. The number of benzene rings is 2. The number of anilines is 2. The molecule has 20 heavy (non-hydrogen) atoms. The summed E-state index contributed by atoms with van der Waals surface area (Å²) in [7, 11) is 0. The van der Waals surface area contributed by atoms with E-state index in [0.29, 0.717) is 22.0 Å². The summed E-state index contributed by atoms with van der Waals surface area (Å²) in [5.41, 5.74) is 9.52. The fourth-order valence-electron chi connectivity index (χ4n) is 1.86. The normalized spacial score (nSPS) is 10.4. The van der Waals surface area contributed by atoms with E-state index < -0.39 is 0 Å². The molecule has 0 aliphatic carbocycles. The van der Waals surface area contributed by atoms with Crippen molar-refractivity contribution in [3.8, 4) is 0 Å². The topological polar surface area (TPSA) is 55.1 Å². The molecule has 0 radical (unpaired) electrons. The molecule has 0 saturated carbocycles. The van der Waals surface area contributed by atoms with Gasteiger partial charge < -0.3 is 11.1 Å². The lowest BCUT2D eigenvalue weighted by atomic mass is 10.1. The molecule has 0 heterocycles. The first-order valence-corrected chi connectivity index (χ1v) is 7.19. The van der Waals surface area contributed by atoms with E-state index in [1.165, 1.54) is 0 Å². The van der Waals surface area contributed by atoms with Crippen LogP contribution in [-0.2, 0) is 0 Å². The molecule has 3 N–H and O–H groups in total. The van der Waals surface area contributed by atoms with Crippen molar-refractivity contribution in [3.05, 3.63) is 56.5 Å². The number of carbonyl (C=O) groups is 1. The lowest BCUT2D eigenvalue weighted by Crippen LogP contribution is -2.15. The number of rotatable bonds is 2. The molecule has 0 bridgehead atoms. The molecule has 0 fully saturated rings. The van der Waals surface area contributed by atoms with E-state index in [0.717, 1.165) is 15.6 Å². The molecule has 5 heteroatoms. The first-order valence-electron chi connectivity index (χ1n) is 6.02.